The van der Waals surface area contributed by atoms with E-state index in [-0.39, 0.29) is 0 Å². The van der Waals surface area contributed by atoms with E-state index in [9.17, 15) is 0 Å². The lowest BCUT2D eigenvalue weighted by atomic mass is 10.3. The first kappa shape index (κ1) is 11.4. The zero-order chi connectivity index (χ0) is 11.1. The number of guanidine groups is 1. The van der Waals surface area contributed by atoms with Gasteiger partial charge in [-0.3, -0.25) is 0 Å². The second-order valence-corrected chi connectivity index (χ2v) is 3.41. The number of nitrogens with zero attached hydrogens (tertiary/aromatic N) is 1. The van der Waals surface area contributed by atoms with E-state index < -0.39 is 0 Å². The van der Waals surface area contributed by atoms with Crippen LogP contribution in [0.4, 0.5) is 0 Å². The number of nitrogens with two attached hydrogens (primary N) is 1. The topological polar surface area (TPSA) is 63.5 Å². The number of hydrogen-bond acceptors (Lipinski definition) is 2. The molecule has 0 amide bonds. The molecule has 0 radical (unpaired) electrons. The molecule has 0 aliphatic heterocycles. The van der Waals surface area contributed by atoms with E-state index in [1.165, 1.54) is 0 Å². The fraction of sp³-hybridized carbons (Fsp3) is 0.364. The Balaban J connectivity index is 2.19. The van der Waals surface area contributed by atoms with Gasteiger partial charge in [-0.1, -0.05) is 12.2 Å². The molecule has 0 saturated heterocycles. The van der Waals surface area contributed by atoms with Crippen LogP contribution in [0.25, 0.3) is 0 Å². The van der Waals surface area contributed by atoms with Crippen LogP contribution in [0.5, 0.6) is 0 Å². The molecule has 0 fully saturated rings. The molecule has 0 unspecified atom stereocenters. The number of hydrogen-bond donors (Lipinski definition) is 2. The Morgan fingerprint density at radius 3 is 3.07 bits per heavy atom. The average Bonchev–Trinajstić information content (AvgIpc) is 2.67. The summed E-state index contributed by atoms with van der Waals surface area (Å²) in [7, 11) is 0. The highest BCUT2D eigenvalue weighted by atomic mass is 16.3. The van der Waals surface area contributed by atoms with Gasteiger partial charge in [-0.25, -0.2) is 4.99 Å². The molecule has 0 atom stereocenters. The van der Waals surface area contributed by atoms with Crippen LogP contribution in [0, 0.1) is 0 Å². The van der Waals surface area contributed by atoms with E-state index in [0.717, 1.165) is 24.3 Å². The van der Waals surface area contributed by atoms with E-state index in [2.05, 4.69) is 16.9 Å². The summed E-state index contributed by atoms with van der Waals surface area (Å²) in [6.45, 7) is 6.95. The van der Waals surface area contributed by atoms with Gasteiger partial charge in [-0.15, -0.1) is 0 Å². The monoisotopic (exact) mass is 207 g/mol. The van der Waals surface area contributed by atoms with E-state index in [0.29, 0.717) is 12.5 Å². The number of furan rings is 1. The van der Waals surface area contributed by atoms with Crippen molar-refractivity contribution >= 4 is 5.96 Å². The Labute approximate surface area is 89.9 Å². The minimum Gasteiger partial charge on any atom is -0.469 e. The van der Waals surface area contributed by atoms with Crippen molar-refractivity contribution in [3.8, 4) is 0 Å². The predicted octanol–water partition coefficient (Wildman–Crippen LogP) is 1.30. The van der Waals surface area contributed by atoms with Crippen LogP contribution in [0.1, 0.15) is 12.7 Å². The van der Waals surface area contributed by atoms with Crippen molar-refractivity contribution in [2.45, 2.75) is 13.3 Å². The van der Waals surface area contributed by atoms with Crippen LogP contribution in [0.15, 0.2) is 40.0 Å². The van der Waals surface area contributed by atoms with E-state index in [1.54, 1.807) is 6.26 Å². The Bertz CT molecular complexity index is 328. The quantitative estimate of drug-likeness (QED) is 0.434. The smallest absolute Gasteiger partial charge is 0.188 e. The molecule has 0 aromatic carbocycles. The van der Waals surface area contributed by atoms with Gasteiger partial charge in [0.25, 0.3) is 0 Å². The predicted molar refractivity (Wildman–Crippen MR) is 61.7 cm³/mol. The van der Waals surface area contributed by atoms with Crippen molar-refractivity contribution in [2.75, 3.05) is 13.1 Å². The summed E-state index contributed by atoms with van der Waals surface area (Å²) < 4.78 is 5.18. The van der Waals surface area contributed by atoms with Crippen molar-refractivity contribution in [1.82, 2.24) is 5.32 Å². The van der Waals surface area contributed by atoms with Crippen molar-refractivity contribution in [1.29, 1.82) is 0 Å². The van der Waals surface area contributed by atoms with E-state index in [4.69, 9.17) is 10.2 Å². The van der Waals surface area contributed by atoms with E-state index >= 15 is 0 Å². The van der Waals surface area contributed by atoms with Crippen molar-refractivity contribution in [3.05, 3.63) is 36.3 Å². The summed E-state index contributed by atoms with van der Waals surface area (Å²) in [5, 5.41) is 3.00. The van der Waals surface area contributed by atoms with Gasteiger partial charge in [-0.2, -0.15) is 0 Å². The first-order chi connectivity index (χ1) is 7.18. The average molecular weight is 207 g/mol. The largest absolute Gasteiger partial charge is 0.469 e. The number of rotatable bonds is 5. The SMILES string of the molecule is C=C(C)CN=C(N)NCCc1ccco1. The molecule has 15 heavy (non-hydrogen) atoms. The lowest BCUT2D eigenvalue weighted by Crippen LogP contribution is -2.33. The number of aliphatic imine (C=N–C) groups is 1. The molecule has 0 aliphatic carbocycles. The summed E-state index contributed by atoms with van der Waals surface area (Å²) in [6.07, 6.45) is 2.46. The van der Waals surface area contributed by atoms with Gasteiger partial charge < -0.3 is 15.5 Å². The lowest BCUT2D eigenvalue weighted by Gasteiger charge is -2.03. The van der Waals surface area contributed by atoms with Crippen LogP contribution in [-0.2, 0) is 6.42 Å². The third-order valence-corrected chi connectivity index (χ3v) is 1.78. The number of nitrogens with one attached hydrogen (secondary N) is 1. The van der Waals surface area contributed by atoms with Crippen molar-refractivity contribution < 1.29 is 4.42 Å². The highest BCUT2D eigenvalue weighted by Crippen LogP contribution is 1.99. The maximum absolute atomic E-state index is 5.63. The van der Waals surface area contributed by atoms with Gasteiger partial charge in [-0.05, 0) is 19.1 Å². The molecule has 4 nitrogen and oxygen atoms in total. The van der Waals surface area contributed by atoms with Gasteiger partial charge in [0.1, 0.15) is 5.76 Å². The molecule has 1 aromatic rings. The third kappa shape index (κ3) is 4.90. The molecule has 4 heteroatoms. The van der Waals surface area contributed by atoms with Gasteiger partial charge in [0, 0.05) is 13.0 Å². The van der Waals surface area contributed by atoms with Gasteiger partial charge in [0.05, 0.1) is 12.8 Å². The molecule has 3 N–H and O–H groups in total. The summed E-state index contributed by atoms with van der Waals surface area (Å²) >= 11 is 0. The first-order valence-electron chi connectivity index (χ1n) is 4.89. The third-order valence-electron chi connectivity index (χ3n) is 1.78. The molecule has 82 valence electrons. The Morgan fingerprint density at radius 2 is 2.47 bits per heavy atom. The highest BCUT2D eigenvalue weighted by molar-refractivity contribution is 5.77. The fourth-order valence-electron chi connectivity index (χ4n) is 1.04. The lowest BCUT2D eigenvalue weighted by molar-refractivity contribution is 0.507. The van der Waals surface area contributed by atoms with E-state index in [1.807, 2.05) is 19.1 Å². The molecule has 0 aliphatic rings. The Hall–Kier alpha value is -1.71. The normalized spacial score (nSPS) is 11.4. The zero-order valence-corrected chi connectivity index (χ0v) is 8.99. The summed E-state index contributed by atoms with van der Waals surface area (Å²) in [4.78, 5) is 4.10. The Morgan fingerprint density at radius 1 is 1.67 bits per heavy atom. The van der Waals surface area contributed by atoms with Crippen LogP contribution < -0.4 is 11.1 Å². The first-order valence-corrected chi connectivity index (χ1v) is 4.89. The summed E-state index contributed by atoms with van der Waals surface area (Å²) in [6, 6.07) is 3.80. The maximum Gasteiger partial charge on any atom is 0.188 e. The van der Waals surface area contributed by atoms with Gasteiger partial charge >= 0.3 is 0 Å². The summed E-state index contributed by atoms with van der Waals surface area (Å²) in [5.74, 6) is 1.39. The second kappa shape index (κ2) is 5.90. The minimum atomic E-state index is 0.449. The molecule has 1 aromatic heterocycles. The Kier molecular flexibility index (Phi) is 4.47. The molecule has 0 spiro atoms. The summed E-state index contributed by atoms with van der Waals surface area (Å²) in [5.41, 5.74) is 6.62. The molecule has 1 heterocycles. The van der Waals surface area contributed by atoms with Crippen molar-refractivity contribution in [2.24, 2.45) is 10.7 Å². The molecular weight excluding hydrogens is 190 g/mol. The van der Waals surface area contributed by atoms with Gasteiger partial charge in [0.2, 0.25) is 0 Å². The van der Waals surface area contributed by atoms with Crippen LogP contribution in [0.2, 0.25) is 0 Å². The van der Waals surface area contributed by atoms with Gasteiger partial charge in [0.15, 0.2) is 5.96 Å². The van der Waals surface area contributed by atoms with Crippen LogP contribution in [-0.4, -0.2) is 19.0 Å². The van der Waals surface area contributed by atoms with Crippen LogP contribution in [0.3, 0.4) is 0 Å². The standard InChI is InChI=1S/C11H17N3O/c1-9(2)8-14-11(12)13-6-5-10-4-3-7-15-10/h3-4,7H,1,5-6,8H2,2H3,(H3,12,13,14). The molecule has 0 bridgehead atoms. The minimum absolute atomic E-state index is 0.449. The molecule has 1 rings (SSSR count). The van der Waals surface area contributed by atoms with Crippen molar-refractivity contribution in [3.63, 3.8) is 0 Å². The second-order valence-electron chi connectivity index (χ2n) is 3.41. The maximum atomic E-state index is 5.63. The fourth-order valence-corrected chi connectivity index (χ4v) is 1.04. The highest BCUT2D eigenvalue weighted by Gasteiger charge is 1.95. The van der Waals surface area contributed by atoms with Crippen LogP contribution >= 0.6 is 0 Å². The zero-order valence-electron chi connectivity index (χ0n) is 8.99. The molecule has 0 saturated carbocycles. The molecular formula is C11H17N3O.